The predicted octanol–water partition coefficient (Wildman–Crippen LogP) is 1.19. The minimum atomic E-state index is 0.432. The molecule has 0 aromatic rings. The van der Waals surface area contributed by atoms with E-state index in [-0.39, 0.29) is 0 Å². The smallest absolute Gasteiger partial charge is 0.205 e. The minimum Gasteiger partial charge on any atom is -0.352 e. The SMILES string of the molecule is CCC(CSC)NC(=NCC(C)C)NN. The summed E-state index contributed by atoms with van der Waals surface area (Å²) in [4.78, 5) is 4.37. The van der Waals surface area contributed by atoms with Crippen molar-refractivity contribution in [2.75, 3.05) is 18.6 Å². The highest BCUT2D eigenvalue weighted by atomic mass is 32.2. The molecule has 0 saturated carbocycles. The first-order valence-corrected chi connectivity index (χ1v) is 6.79. The summed E-state index contributed by atoms with van der Waals surface area (Å²) in [6.07, 6.45) is 3.17. The summed E-state index contributed by atoms with van der Waals surface area (Å²) in [6.45, 7) is 7.22. The summed E-state index contributed by atoms with van der Waals surface area (Å²) < 4.78 is 0. The molecule has 0 bridgehead atoms. The summed E-state index contributed by atoms with van der Waals surface area (Å²) >= 11 is 1.83. The van der Waals surface area contributed by atoms with Crippen molar-refractivity contribution in [1.82, 2.24) is 10.7 Å². The Morgan fingerprint density at radius 2 is 2.13 bits per heavy atom. The lowest BCUT2D eigenvalue weighted by molar-refractivity contribution is 0.619. The fourth-order valence-corrected chi connectivity index (χ4v) is 1.78. The molecule has 0 aliphatic carbocycles. The number of hydrazine groups is 1. The molecule has 0 radical (unpaired) electrons. The average Bonchev–Trinajstić information content (AvgIpc) is 2.22. The Hall–Kier alpha value is -0.420. The minimum absolute atomic E-state index is 0.432. The molecule has 4 nitrogen and oxygen atoms in total. The third kappa shape index (κ3) is 7.50. The van der Waals surface area contributed by atoms with Gasteiger partial charge in [0.05, 0.1) is 0 Å². The first kappa shape index (κ1) is 14.6. The van der Waals surface area contributed by atoms with E-state index >= 15 is 0 Å². The number of rotatable bonds is 6. The number of guanidine groups is 1. The molecule has 1 unspecified atom stereocenters. The van der Waals surface area contributed by atoms with Gasteiger partial charge >= 0.3 is 0 Å². The van der Waals surface area contributed by atoms with Crippen molar-refractivity contribution in [3.05, 3.63) is 0 Å². The number of hydrogen-bond donors (Lipinski definition) is 3. The van der Waals surface area contributed by atoms with E-state index in [4.69, 9.17) is 5.84 Å². The van der Waals surface area contributed by atoms with E-state index in [1.807, 2.05) is 11.8 Å². The molecule has 0 aliphatic rings. The Labute approximate surface area is 97.5 Å². The van der Waals surface area contributed by atoms with Crippen molar-refractivity contribution in [2.24, 2.45) is 16.8 Å². The van der Waals surface area contributed by atoms with E-state index in [1.165, 1.54) is 0 Å². The van der Waals surface area contributed by atoms with Crippen molar-refractivity contribution in [2.45, 2.75) is 33.2 Å². The monoisotopic (exact) mass is 232 g/mol. The van der Waals surface area contributed by atoms with Crippen molar-refractivity contribution < 1.29 is 0 Å². The van der Waals surface area contributed by atoms with Crippen molar-refractivity contribution in [3.63, 3.8) is 0 Å². The molecule has 0 heterocycles. The van der Waals surface area contributed by atoms with Crippen LogP contribution in [0.15, 0.2) is 4.99 Å². The lowest BCUT2D eigenvalue weighted by Gasteiger charge is -2.18. The van der Waals surface area contributed by atoms with E-state index < -0.39 is 0 Å². The van der Waals surface area contributed by atoms with Crippen molar-refractivity contribution in [1.29, 1.82) is 0 Å². The van der Waals surface area contributed by atoms with Crippen LogP contribution in [0.1, 0.15) is 27.2 Å². The third-order valence-electron chi connectivity index (χ3n) is 1.95. The Morgan fingerprint density at radius 3 is 2.53 bits per heavy atom. The topological polar surface area (TPSA) is 62.4 Å². The molecule has 0 saturated heterocycles. The van der Waals surface area contributed by atoms with Gasteiger partial charge in [0.15, 0.2) is 0 Å². The first-order valence-electron chi connectivity index (χ1n) is 5.40. The van der Waals surface area contributed by atoms with Gasteiger partial charge in [0, 0.05) is 18.3 Å². The molecule has 0 amide bonds. The molecule has 0 fully saturated rings. The van der Waals surface area contributed by atoms with Crippen LogP contribution in [0.2, 0.25) is 0 Å². The lowest BCUT2D eigenvalue weighted by Crippen LogP contribution is -2.47. The van der Waals surface area contributed by atoms with Crippen LogP contribution in [-0.2, 0) is 0 Å². The third-order valence-corrected chi connectivity index (χ3v) is 2.69. The summed E-state index contributed by atoms with van der Waals surface area (Å²) in [6, 6.07) is 0.432. The first-order chi connectivity index (χ1) is 7.13. The molecule has 0 aliphatic heterocycles. The molecule has 0 spiro atoms. The maximum Gasteiger partial charge on any atom is 0.205 e. The number of thioether (sulfide) groups is 1. The number of aliphatic imine (C=N–C) groups is 1. The van der Waals surface area contributed by atoms with Crippen LogP contribution in [0, 0.1) is 5.92 Å². The molecule has 0 aromatic heterocycles. The van der Waals surface area contributed by atoms with Gasteiger partial charge < -0.3 is 5.32 Å². The molecule has 5 heteroatoms. The predicted molar refractivity (Wildman–Crippen MR) is 70.1 cm³/mol. The van der Waals surface area contributed by atoms with E-state index in [2.05, 4.69) is 42.8 Å². The molecule has 1 atom stereocenters. The number of nitrogens with one attached hydrogen (secondary N) is 2. The van der Waals surface area contributed by atoms with Crippen LogP contribution < -0.4 is 16.6 Å². The van der Waals surface area contributed by atoms with E-state index in [0.717, 1.165) is 18.7 Å². The van der Waals surface area contributed by atoms with Crippen molar-refractivity contribution >= 4 is 17.7 Å². The maximum absolute atomic E-state index is 5.41. The zero-order valence-corrected chi connectivity index (χ0v) is 11.0. The second-order valence-electron chi connectivity index (χ2n) is 3.93. The van der Waals surface area contributed by atoms with E-state index in [1.54, 1.807) is 0 Å². The van der Waals surface area contributed by atoms with Crippen molar-refractivity contribution in [3.8, 4) is 0 Å². The van der Waals surface area contributed by atoms with Gasteiger partial charge in [-0.15, -0.1) is 0 Å². The highest BCUT2D eigenvalue weighted by molar-refractivity contribution is 7.98. The molecule has 90 valence electrons. The maximum atomic E-state index is 5.41. The Balaban J connectivity index is 4.10. The van der Waals surface area contributed by atoms with Gasteiger partial charge in [-0.2, -0.15) is 11.8 Å². The van der Waals surface area contributed by atoms with Gasteiger partial charge in [-0.1, -0.05) is 20.8 Å². The second-order valence-corrected chi connectivity index (χ2v) is 4.84. The van der Waals surface area contributed by atoms with Gasteiger partial charge in [-0.3, -0.25) is 10.4 Å². The Bertz CT molecular complexity index is 182. The number of hydrogen-bond acceptors (Lipinski definition) is 3. The molecule has 15 heavy (non-hydrogen) atoms. The standard InChI is InChI=1S/C10H24N4S/c1-5-9(7-15-4)13-10(14-11)12-6-8(2)3/h8-9H,5-7,11H2,1-4H3,(H2,12,13,14). The van der Waals surface area contributed by atoms with Gasteiger partial charge in [0.2, 0.25) is 5.96 Å². The molecule has 4 N–H and O–H groups in total. The van der Waals surface area contributed by atoms with Gasteiger partial charge in [0.1, 0.15) is 0 Å². The van der Waals surface area contributed by atoms with E-state index in [9.17, 15) is 0 Å². The summed E-state index contributed by atoms with van der Waals surface area (Å²) in [5.74, 6) is 7.73. The van der Waals surface area contributed by atoms with Gasteiger partial charge in [-0.25, -0.2) is 5.84 Å². The van der Waals surface area contributed by atoms with E-state index in [0.29, 0.717) is 17.9 Å². The van der Waals surface area contributed by atoms with Crippen LogP contribution in [0.3, 0.4) is 0 Å². The van der Waals surface area contributed by atoms with Gasteiger partial charge in [-0.05, 0) is 18.6 Å². The highest BCUT2D eigenvalue weighted by Gasteiger charge is 2.06. The van der Waals surface area contributed by atoms with Crippen LogP contribution >= 0.6 is 11.8 Å². The Kier molecular flexibility index (Phi) is 8.61. The fourth-order valence-electron chi connectivity index (χ4n) is 1.06. The average molecular weight is 232 g/mol. The summed E-state index contributed by atoms with van der Waals surface area (Å²) in [5, 5.41) is 3.30. The Morgan fingerprint density at radius 1 is 1.47 bits per heavy atom. The molecular weight excluding hydrogens is 208 g/mol. The van der Waals surface area contributed by atoms with Crippen LogP contribution in [-0.4, -0.2) is 30.6 Å². The largest absolute Gasteiger partial charge is 0.352 e. The number of nitrogens with two attached hydrogens (primary N) is 1. The van der Waals surface area contributed by atoms with Crippen LogP contribution in [0.25, 0.3) is 0 Å². The van der Waals surface area contributed by atoms with Gasteiger partial charge in [0.25, 0.3) is 0 Å². The van der Waals surface area contributed by atoms with Crippen LogP contribution in [0.4, 0.5) is 0 Å². The summed E-state index contributed by atoms with van der Waals surface area (Å²) in [5.41, 5.74) is 2.61. The quantitative estimate of drug-likeness (QED) is 0.279. The zero-order chi connectivity index (χ0) is 11.7. The fraction of sp³-hybridized carbons (Fsp3) is 0.900. The normalized spacial score (nSPS) is 14.1. The molecular formula is C10H24N4S. The van der Waals surface area contributed by atoms with Crippen LogP contribution in [0.5, 0.6) is 0 Å². The zero-order valence-electron chi connectivity index (χ0n) is 10.2. The lowest BCUT2D eigenvalue weighted by atomic mass is 10.2. The second kappa shape index (κ2) is 8.85. The summed E-state index contributed by atoms with van der Waals surface area (Å²) in [7, 11) is 0. The highest BCUT2D eigenvalue weighted by Crippen LogP contribution is 2.00. The molecule has 0 aromatic carbocycles. The number of nitrogens with zero attached hydrogens (tertiary/aromatic N) is 1. The molecule has 0 rings (SSSR count).